The molecule has 8 aromatic carbocycles. The summed E-state index contributed by atoms with van der Waals surface area (Å²) in [7, 11) is 0. The summed E-state index contributed by atoms with van der Waals surface area (Å²) in [6, 6.07) is 65.5. The highest BCUT2D eigenvalue weighted by molar-refractivity contribution is 6.21. The van der Waals surface area contributed by atoms with Crippen molar-refractivity contribution >= 4 is 44.9 Å². The van der Waals surface area contributed by atoms with Gasteiger partial charge in [0.25, 0.3) is 0 Å². The zero-order valence-corrected chi connectivity index (χ0v) is 41.9. The molecule has 0 atom stereocenters. The Morgan fingerprint density at radius 2 is 0.740 bits per heavy atom. The number of nitrogens with zero attached hydrogens (tertiary/aromatic N) is 6. The number of aromatic nitrogens is 2. The molecule has 0 bridgehead atoms. The van der Waals surface area contributed by atoms with Crippen molar-refractivity contribution in [3.05, 3.63) is 254 Å². The molecule has 0 saturated carbocycles. The van der Waals surface area contributed by atoms with Crippen LogP contribution in [0.4, 0.5) is 34.1 Å². The van der Waals surface area contributed by atoms with Gasteiger partial charge in [0.2, 0.25) is 0 Å². The fraction of sp³-hybridized carbons (Fsp3) is 0.104. The van der Waals surface area contributed by atoms with Gasteiger partial charge in [0.1, 0.15) is 12.1 Å². The summed E-state index contributed by atoms with van der Waals surface area (Å²) in [5.41, 5.74) is 19.2. The molecular weight excluding hydrogens is 889 g/mol. The van der Waals surface area contributed by atoms with Crippen molar-refractivity contribution in [2.24, 2.45) is 0 Å². The minimum atomic E-state index is -0.147. The number of nitriles is 2. The van der Waals surface area contributed by atoms with E-state index in [2.05, 4.69) is 239 Å². The first-order valence-corrected chi connectivity index (χ1v) is 24.5. The summed E-state index contributed by atoms with van der Waals surface area (Å²) in [6.45, 7) is 21.4. The van der Waals surface area contributed by atoms with Crippen LogP contribution in [0.15, 0.2) is 220 Å². The summed E-state index contributed by atoms with van der Waals surface area (Å²) in [6.07, 6.45) is 8.85. The summed E-state index contributed by atoms with van der Waals surface area (Å²) in [5.74, 6) is 0. The van der Waals surface area contributed by atoms with Gasteiger partial charge in [-0.25, -0.2) is 9.97 Å². The first kappa shape index (κ1) is 47.3. The Morgan fingerprint density at radius 3 is 1.03 bits per heavy atom. The number of para-hydroxylation sites is 4. The Morgan fingerprint density at radius 1 is 0.425 bits per heavy atom. The lowest BCUT2D eigenvalue weighted by atomic mass is 9.73. The van der Waals surface area contributed by atoms with Crippen LogP contribution in [0.3, 0.4) is 0 Å². The van der Waals surface area contributed by atoms with Gasteiger partial charge in [-0.15, -0.1) is 0 Å². The molecule has 1 aromatic heterocycles. The van der Waals surface area contributed by atoms with Crippen LogP contribution in [0.2, 0.25) is 0 Å². The van der Waals surface area contributed by atoms with E-state index in [1.807, 2.05) is 19.1 Å². The van der Waals surface area contributed by atoms with Gasteiger partial charge >= 0.3 is 0 Å². The second-order valence-electron chi connectivity index (χ2n) is 19.2. The van der Waals surface area contributed by atoms with Gasteiger partial charge in [-0.1, -0.05) is 199 Å². The molecule has 73 heavy (non-hydrogen) atoms. The van der Waals surface area contributed by atoms with E-state index < -0.39 is 0 Å². The molecule has 0 radical (unpaired) electrons. The molecule has 0 amide bonds. The Bertz CT molecular complexity index is 3450. The number of allylic oxidation sites excluding steroid dienone is 5. The quantitative estimate of drug-likeness (QED) is 0.155. The van der Waals surface area contributed by atoms with Gasteiger partial charge in [-0.3, -0.25) is 0 Å². The second kappa shape index (κ2) is 19.1. The highest BCUT2D eigenvalue weighted by atomic mass is 15.2. The average Bonchev–Trinajstić information content (AvgIpc) is 3.74. The SMILES string of the molecule is C=C/C=C\C.C=CC=C.CC1(C)c2ccccc2N(c2ccc(-c3ccc4c5c(ccc(-c6ccc(N7c8ccccc8C(C)(C)c8ccccc87)cc6)c35)-c3nc(C#N)c(C#N)nc3-4)cc2)c2ccccc21. The predicted octanol–water partition coefficient (Wildman–Crippen LogP) is 17.7. The van der Waals surface area contributed by atoms with E-state index in [-0.39, 0.29) is 22.2 Å². The molecule has 6 nitrogen and oxygen atoms in total. The molecule has 1 aliphatic carbocycles. The third kappa shape index (κ3) is 7.82. The molecule has 0 unspecified atom stereocenters. The maximum Gasteiger partial charge on any atom is 0.177 e. The summed E-state index contributed by atoms with van der Waals surface area (Å²) >= 11 is 0. The van der Waals surface area contributed by atoms with Crippen LogP contribution in [0.5, 0.6) is 0 Å². The summed E-state index contributed by atoms with van der Waals surface area (Å²) < 4.78 is 0. The van der Waals surface area contributed by atoms with E-state index in [4.69, 9.17) is 9.97 Å². The lowest BCUT2D eigenvalue weighted by molar-refractivity contribution is 0.632. The van der Waals surface area contributed by atoms with Gasteiger partial charge < -0.3 is 9.80 Å². The fourth-order valence-corrected chi connectivity index (χ4v) is 10.9. The average molecular weight is 943 g/mol. The molecule has 3 aliphatic rings. The Labute approximate surface area is 429 Å². The van der Waals surface area contributed by atoms with Crippen LogP contribution in [-0.4, -0.2) is 9.97 Å². The number of fused-ring (bicyclic) bond motifs is 7. The van der Waals surface area contributed by atoms with Crippen LogP contribution in [0, 0.1) is 22.7 Å². The van der Waals surface area contributed by atoms with Gasteiger partial charge in [0.15, 0.2) is 11.4 Å². The minimum absolute atomic E-state index is 0.0335. The van der Waals surface area contributed by atoms with Crippen LogP contribution < -0.4 is 9.80 Å². The molecule has 2 aliphatic heterocycles. The number of hydrogen-bond donors (Lipinski definition) is 0. The molecule has 352 valence electrons. The van der Waals surface area contributed by atoms with Crippen molar-refractivity contribution in [2.75, 3.05) is 9.80 Å². The number of anilines is 6. The normalized spacial score (nSPS) is 13.5. The zero-order valence-electron chi connectivity index (χ0n) is 41.9. The van der Waals surface area contributed by atoms with Crippen molar-refractivity contribution in [1.29, 1.82) is 10.5 Å². The highest BCUT2D eigenvalue weighted by Gasteiger charge is 2.38. The molecule has 9 aromatic rings. The van der Waals surface area contributed by atoms with Crippen molar-refractivity contribution in [1.82, 2.24) is 9.97 Å². The predicted molar refractivity (Wildman–Crippen MR) is 303 cm³/mol. The van der Waals surface area contributed by atoms with Gasteiger partial charge in [-0.05, 0) is 105 Å². The first-order chi connectivity index (χ1) is 35.5. The molecule has 6 heteroatoms. The molecule has 0 saturated heterocycles. The van der Waals surface area contributed by atoms with E-state index in [1.54, 1.807) is 18.2 Å². The van der Waals surface area contributed by atoms with Crippen molar-refractivity contribution in [3.63, 3.8) is 0 Å². The lowest BCUT2D eigenvalue weighted by Crippen LogP contribution is -2.30. The molecule has 0 N–H and O–H groups in total. The van der Waals surface area contributed by atoms with E-state index in [1.165, 1.54) is 45.0 Å². The maximum atomic E-state index is 9.97. The number of rotatable bonds is 6. The molecule has 0 fully saturated rings. The standard InChI is InChI=1S/C58H40N6.C5H8.C4H6/c1-57(2)43-13-5-9-17-49(43)63(50-18-10-6-14-44(50)57)37-25-21-35(22-26-37)39-29-31-41-54-42(56-55(41)61-47(33-59)48(34-60)62-56)32-30-40(53(39)54)36-23-27-38(28-24-36)64-51-19-11-7-15-45(51)58(3,4)46-16-8-12-20-52(46)64;1-3-5-4-2;1-3-4-2/h5-32H,1-4H3;3-5H,1H2,2H3;3-4H,1-2H2/b;5-4-;. The van der Waals surface area contributed by atoms with Crippen molar-refractivity contribution < 1.29 is 0 Å². The third-order valence-electron chi connectivity index (χ3n) is 14.4. The summed E-state index contributed by atoms with van der Waals surface area (Å²) in [4.78, 5) is 14.3. The first-order valence-electron chi connectivity index (χ1n) is 24.5. The Balaban J connectivity index is 0.000000629. The van der Waals surface area contributed by atoms with Crippen LogP contribution in [-0.2, 0) is 10.8 Å². The van der Waals surface area contributed by atoms with Gasteiger partial charge in [0.05, 0.1) is 34.1 Å². The van der Waals surface area contributed by atoms with Crippen molar-refractivity contribution in [2.45, 2.75) is 45.4 Å². The topological polar surface area (TPSA) is 79.8 Å². The van der Waals surface area contributed by atoms with Crippen LogP contribution in [0.25, 0.3) is 55.5 Å². The molecule has 12 rings (SSSR count). The smallest absolute Gasteiger partial charge is 0.177 e. The van der Waals surface area contributed by atoms with E-state index >= 15 is 0 Å². The number of benzene rings is 8. The zero-order chi connectivity index (χ0) is 51.0. The number of hydrogen-bond acceptors (Lipinski definition) is 6. The monoisotopic (exact) mass is 942 g/mol. The van der Waals surface area contributed by atoms with Crippen molar-refractivity contribution in [3.8, 4) is 56.9 Å². The van der Waals surface area contributed by atoms with Crippen LogP contribution in [0.1, 0.15) is 68.3 Å². The largest absolute Gasteiger partial charge is 0.310 e. The van der Waals surface area contributed by atoms with Crippen LogP contribution >= 0.6 is 0 Å². The molecule has 3 heterocycles. The van der Waals surface area contributed by atoms with Gasteiger partial charge in [-0.2, -0.15) is 10.5 Å². The third-order valence-corrected chi connectivity index (χ3v) is 14.4. The Kier molecular flexibility index (Phi) is 12.4. The molecular formula is C67H54N6. The van der Waals surface area contributed by atoms with Gasteiger partial charge in [0, 0.05) is 38.7 Å². The van der Waals surface area contributed by atoms with E-state index in [9.17, 15) is 10.5 Å². The Hall–Kier alpha value is -9.36. The summed E-state index contributed by atoms with van der Waals surface area (Å²) in [5, 5.41) is 22.0. The lowest BCUT2D eigenvalue weighted by Gasteiger charge is -2.42. The van der Waals surface area contributed by atoms with E-state index in [0.717, 1.165) is 55.5 Å². The maximum absolute atomic E-state index is 9.97. The fourth-order valence-electron chi connectivity index (χ4n) is 10.9. The molecule has 0 spiro atoms. The highest BCUT2D eigenvalue weighted by Crippen LogP contribution is 2.55. The van der Waals surface area contributed by atoms with E-state index in [0.29, 0.717) is 11.4 Å². The minimum Gasteiger partial charge on any atom is -0.310 e. The second-order valence-corrected chi connectivity index (χ2v) is 19.2.